The molecular weight excluding hydrogens is 268 g/mol. The molecule has 0 unspecified atom stereocenters. The Hall–Kier alpha value is -2.09. The molecule has 0 saturated heterocycles. The van der Waals surface area contributed by atoms with Crippen molar-refractivity contribution in [2.24, 2.45) is 4.99 Å². The zero-order valence-corrected chi connectivity index (χ0v) is 13.9. The zero-order chi connectivity index (χ0) is 15.9. The molecule has 2 N–H and O–H groups in total. The topological polar surface area (TPSA) is 38.4 Å². The molecule has 0 bridgehead atoms. The number of anilines is 1. The first-order chi connectivity index (χ1) is 10.7. The molecule has 0 aliphatic heterocycles. The Labute approximate surface area is 134 Å². The SMILES string of the molecule is CCCc1cccc(C=Nc2c(CC)cccc2CC)c1N. The van der Waals surface area contributed by atoms with E-state index < -0.39 is 0 Å². The lowest BCUT2D eigenvalue weighted by atomic mass is 10.0. The van der Waals surface area contributed by atoms with Gasteiger partial charge in [0.25, 0.3) is 0 Å². The van der Waals surface area contributed by atoms with Crippen LogP contribution >= 0.6 is 0 Å². The number of hydrogen-bond acceptors (Lipinski definition) is 2. The summed E-state index contributed by atoms with van der Waals surface area (Å²) in [6, 6.07) is 12.6. The second-order valence-electron chi connectivity index (χ2n) is 5.56. The number of nitrogens with zero attached hydrogens (tertiary/aromatic N) is 1. The minimum absolute atomic E-state index is 0.861. The fourth-order valence-electron chi connectivity index (χ4n) is 2.75. The lowest BCUT2D eigenvalue weighted by molar-refractivity contribution is 0.924. The third kappa shape index (κ3) is 3.56. The number of benzene rings is 2. The highest BCUT2D eigenvalue weighted by molar-refractivity contribution is 5.90. The summed E-state index contributed by atoms with van der Waals surface area (Å²) in [5.74, 6) is 0. The number of hydrogen-bond donors (Lipinski definition) is 1. The van der Waals surface area contributed by atoms with Crippen LogP contribution in [0.1, 0.15) is 49.4 Å². The maximum absolute atomic E-state index is 6.28. The summed E-state index contributed by atoms with van der Waals surface area (Å²) in [4.78, 5) is 4.78. The Morgan fingerprint density at radius 1 is 0.909 bits per heavy atom. The van der Waals surface area contributed by atoms with Crippen molar-refractivity contribution in [3.63, 3.8) is 0 Å². The van der Waals surface area contributed by atoms with E-state index in [-0.39, 0.29) is 0 Å². The second-order valence-corrected chi connectivity index (χ2v) is 5.56. The molecule has 0 aliphatic carbocycles. The van der Waals surface area contributed by atoms with Gasteiger partial charge in [-0.25, -0.2) is 0 Å². The van der Waals surface area contributed by atoms with Gasteiger partial charge in [0, 0.05) is 17.5 Å². The quantitative estimate of drug-likeness (QED) is 0.584. The molecule has 0 saturated carbocycles. The Morgan fingerprint density at radius 2 is 1.50 bits per heavy atom. The van der Waals surface area contributed by atoms with E-state index >= 15 is 0 Å². The average molecular weight is 294 g/mol. The standard InChI is InChI=1S/C20H26N2/c1-4-9-17-12-8-13-18(19(17)21)14-22-20-15(5-2)10-7-11-16(20)6-3/h7-8,10-14H,4-6,9,21H2,1-3H3. The molecule has 0 aromatic heterocycles. The van der Waals surface area contributed by atoms with Gasteiger partial charge < -0.3 is 5.73 Å². The fraction of sp³-hybridized carbons (Fsp3) is 0.350. The van der Waals surface area contributed by atoms with Gasteiger partial charge in [-0.1, -0.05) is 63.6 Å². The van der Waals surface area contributed by atoms with Crippen molar-refractivity contribution < 1.29 is 0 Å². The van der Waals surface area contributed by atoms with Crippen LogP contribution in [0.5, 0.6) is 0 Å². The maximum Gasteiger partial charge on any atom is 0.0693 e. The molecule has 0 atom stereocenters. The molecule has 0 fully saturated rings. The molecule has 2 rings (SSSR count). The Kier molecular flexibility index (Phi) is 5.76. The third-order valence-corrected chi connectivity index (χ3v) is 4.05. The van der Waals surface area contributed by atoms with Crippen LogP contribution in [0, 0.1) is 0 Å². The van der Waals surface area contributed by atoms with Crippen molar-refractivity contribution in [3.8, 4) is 0 Å². The highest BCUT2D eigenvalue weighted by Crippen LogP contribution is 2.26. The predicted octanol–water partition coefficient (Wildman–Crippen LogP) is 5.10. The van der Waals surface area contributed by atoms with Gasteiger partial charge in [-0.2, -0.15) is 0 Å². The molecule has 0 amide bonds. The van der Waals surface area contributed by atoms with E-state index in [0.29, 0.717) is 0 Å². The summed E-state index contributed by atoms with van der Waals surface area (Å²) in [7, 11) is 0. The summed E-state index contributed by atoms with van der Waals surface area (Å²) in [6.07, 6.45) is 6.02. The van der Waals surface area contributed by atoms with Crippen LogP contribution in [0.4, 0.5) is 11.4 Å². The van der Waals surface area contributed by atoms with Gasteiger partial charge in [0.05, 0.1) is 5.69 Å². The Morgan fingerprint density at radius 3 is 2.09 bits per heavy atom. The molecule has 0 radical (unpaired) electrons. The minimum Gasteiger partial charge on any atom is -0.398 e. The summed E-state index contributed by atoms with van der Waals surface area (Å²) in [6.45, 7) is 6.51. The van der Waals surface area contributed by atoms with Crippen LogP contribution < -0.4 is 5.73 Å². The van der Waals surface area contributed by atoms with Gasteiger partial charge in [-0.15, -0.1) is 0 Å². The Balaban J connectivity index is 2.39. The highest BCUT2D eigenvalue weighted by atomic mass is 14.7. The third-order valence-electron chi connectivity index (χ3n) is 4.05. The smallest absolute Gasteiger partial charge is 0.0693 e. The molecule has 2 aromatic carbocycles. The van der Waals surface area contributed by atoms with Crippen LogP contribution in [0.2, 0.25) is 0 Å². The number of nitrogen functional groups attached to an aromatic ring is 1. The van der Waals surface area contributed by atoms with E-state index in [1.54, 1.807) is 0 Å². The molecule has 2 aromatic rings. The summed E-state index contributed by atoms with van der Waals surface area (Å²) in [5.41, 5.74) is 13.1. The molecular formula is C20H26N2. The van der Waals surface area contributed by atoms with Crippen molar-refractivity contribution in [2.75, 3.05) is 5.73 Å². The first-order valence-corrected chi connectivity index (χ1v) is 8.23. The van der Waals surface area contributed by atoms with Crippen LogP contribution in [0.3, 0.4) is 0 Å². The van der Waals surface area contributed by atoms with Gasteiger partial charge in [0.15, 0.2) is 0 Å². The average Bonchev–Trinajstić information content (AvgIpc) is 2.55. The summed E-state index contributed by atoms with van der Waals surface area (Å²) in [5, 5.41) is 0. The lowest BCUT2D eigenvalue weighted by Gasteiger charge is -2.10. The van der Waals surface area contributed by atoms with Crippen molar-refractivity contribution in [1.29, 1.82) is 0 Å². The summed E-state index contributed by atoms with van der Waals surface area (Å²) < 4.78 is 0. The molecule has 116 valence electrons. The predicted molar refractivity (Wildman–Crippen MR) is 97.3 cm³/mol. The number of rotatable bonds is 6. The maximum atomic E-state index is 6.28. The minimum atomic E-state index is 0.861. The van der Waals surface area contributed by atoms with Crippen molar-refractivity contribution >= 4 is 17.6 Å². The van der Waals surface area contributed by atoms with Crippen LogP contribution in [-0.4, -0.2) is 6.21 Å². The van der Waals surface area contributed by atoms with Gasteiger partial charge in [0.2, 0.25) is 0 Å². The van der Waals surface area contributed by atoms with Crippen LogP contribution in [0.25, 0.3) is 0 Å². The van der Waals surface area contributed by atoms with E-state index in [9.17, 15) is 0 Å². The van der Waals surface area contributed by atoms with Crippen molar-refractivity contribution in [1.82, 2.24) is 0 Å². The largest absolute Gasteiger partial charge is 0.398 e. The molecule has 2 heteroatoms. The molecule has 0 spiro atoms. The van der Waals surface area contributed by atoms with Gasteiger partial charge in [-0.3, -0.25) is 4.99 Å². The number of nitrogens with two attached hydrogens (primary N) is 1. The van der Waals surface area contributed by atoms with E-state index in [2.05, 4.69) is 51.1 Å². The number of aliphatic imine (C=N–C) groups is 1. The normalized spacial score (nSPS) is 11.2. The van der Waals surface area contributed by atoms with E-state index in [0.717, 1.165) is 42.6 Å². The molecule has 0 heterocycles. The van der Waals surface area contributed by atoms with Crippen LogP contribution in [0.15, 0.2) is 41.4 Å². The lowest BCUT2D eigenvalue weighted by Crippen LogP contribution is -1.99. The highest BCUT2D eigenvalue weighted by Gasteiger charge is 2.06. The molecule has 2 nitrogen and oxygen atoms in total. The number of para-hydroxylation sites is 2. The molecule has 22 heavy (non-hydrogen) atoms. The first-order valence-electron chi connectivity index (χ1n) is 8.23. The van der Waals surface area contributed by atoms with Crippen molar-refractivity contribution in [3.05, 3.63) is 58.7 Å². The number of aryl methyl sites for hydroxylation is 3. The monoisotopic (exact) mass is 294 g/mol. The van der Waals surface area contributed by atoms with Gasteiger partial charge >= 0.3 is 0 Å². The summed E-state index contributed by atoms with van der Waals surface area (Å²) >= 11 is 0. The van der Waals surface area contributed by atoms with Gasteiger partial charge in [0.1, 0.15) is 0 Å². The van der Waals surface area contributed by atoms with E-state index in [4.69, 9.17) is 10.7 Å². The van der Waals surface area contributed by atoms with E-state index in [1.807, 2.05) is 12.3 Å². The van der Waals surface area contributed by atoms with Crippen LogP contribution in [-0.2, 0) is 19.3 Å². The Bertz CT molecular complexity index is 635. The van der Waals surface area contributed by atoms with Gasteiger partial charge in [-0.05, 0) is 36.0 Å². The zero-order valence-electron chi connectivity index (χ0n) is 13.9. The first kappa shape index (κ1) is 16.3. The van der Waals surface area contributed by atoms with E-state index in [1.165, 1.54) is 16.7 Å². The second kappa shape index (κ2) is 7.79. The fourth-order valence-corrected chi connectivity index (χ4v) is 2.75. The van der Waals surface area contributed by atoms with Crippen molar-refractivity contribution in [2.45, 2.75) is 46.5 Å². The molecule has 0 aliphatic rings.